The molecular formula is C24H26N6O3S. The Morgan fingerprint density at radius 1 is 1.09 bits per heavy atom. The molecule has 34 heavy (non-hydrogen) atoms. The molecule has 2 N–H and O–H groups in total. The molecule has 0 saturated carbocycles. The number of para-hydroxylation sites is 1. The molecule has 5 rings (SSSR count). The van der Waals surface area contributed by atoms with E-state index in [4.69, 9.17) is 9.72 Å². The Bertz CT molecular complexity index is 1400. The zero-order chi connectivity index (χ0) is 23.5. The molecule has 0 radical (unpaired) electrons. The van der Waals surface area contributed by atoms with Gasteiger partial charge in [-0.25, -0.2) is 23.4 Å². The second-order valence-electron chi connectivity index (χ2n) is 8.05. The lowest BCUT2D eigenvalue weighted by Crippen LogP contribution is -2.36. The van der Waals surface area contributed by atoms with Gasteiger partial charge in [0.25, 0.3) is 0 Å². The highest BCUT2D eigenvalue weighted by molar-refractivity contribution is 7.91. The van der Waals surface area contributed by atoms with Gasteiger partial charge in [0.05, 0.1) is 35.1 Å². The van der Waals surface area contributed by atoms with E-state index in [0.29, 0.717) is 42.5 Å². The maximum Gasteiger partial charge on any atom is 0.180 e. The summed E-state index contributed by atoms with van der Waals surface area (Å²) in [5, 5.41) is 3.22. The van der Waals surface area contributed by atoms with Crippen LogP contribution >= 0.6 is 0 Å². The smallest absolute Gasteiger partial charge is 0.180 e. The number of hydrogen-bond acceptors (Lipinski definition) is 8. The summed E-state index contributed by atoms with van der Waals surface area (Å²) >= 11 is 0. The van der Waals surface area contributed by atoms with E-state index in [1.165, 1.54) is 0 Å². The van der Waals surface area contributed by atoms with Crippen LogP contribution in [-0.2, 0) is 21.0 Å². The largest absolute Gasteiger partial charge is 0.378 e. The molecule has 4 heterocycles. The third-order valence-electron chi connectivity index (χ3n) is 5.81. The number of fused-ring (bicyclic) bond motifs is 1. The fraction of sp³-hybridized carbons (Fsp3) is 0.292. The van der Waals surface area contributed by atoms with E-state index in [1.54, 1.807) is 37.4 Å². The summed E-state index contributed by atoms with van der Waals surface area (Å²) in [4.78, 5) is 19.6. The van der Waals surface area contributed by atoms with Crippen LogP contribution in [0.25, 0.3) is 11.0 Å². The standard InChI is InChI=1S/C24H26N6O3S/c1-2-34(31,32)20-6-4-3-5-18(20)28-24-23-19(9-10-25-23)27-21(29-24)15-17-7-8-22(26-16-17)30-11-13-33-14-12-30/h3-10,16,25H,2,11-15H2,1H3,(H,27,28,29). The highest BCUT2D eigenvalue weighted by Crippen LogP contribution is 2.28. The van der Waals surface area contributed by atoms with Crippen LogP contribution in [0.3, 0.4) is 0 Å². The van der Waals surface area contributed by atoms with Crippen LogP contribution in [0.1, 0.15) is 18.3 Å². The first-order valence-electron chi connectivity index (χ1n) is 11.2. The van der Waals surface area contributed by atoms with Crippen molar-refractivity contribution >= 4 is 38.2 Å². The number of aromatic nitrogens is 4. The topological polar surface area (TPSA) is 113 Å². The summed E-state index contributed by atoms with van der Waals surface area (Å²) in [5.74, 6) is 2.10. The SMILES string of the molecule is CCS(=O)(=O)c1ccccc1Nc1nc(Cc2ccc(N3CCOCC3)nc2)nc2cc[nH]c12. The first-order valence-corrected chi connectivity index (χ1v) is 12.9. The van der Waals surface area contributed by atoms with Crippen molar-refractivity contribution in [1.29, 1.82) is 0 Å². The molecule has 1 aromatic carbocycles. The predicted octanol–water partition coefficient (Wildman–Crippen LogP) is 3.32. The number of ether oxygens (including phenoxy) is 1. The van der Waals surface area contributed by atoms with E-state index in [2.05, 4.69) is 25.2 Å². The number of sulfone groups is 1. The third-order valence-corrected chi connectivity index (χ3v) is 7.60. The molecule has 0 atom stereocenters. The van der Waals surface area contributed by atoms with Gasteiger partial charge in [0, 0.05) is 31.9 Å². The molecule has 1 fully saturated rings. The lowest BCUT2D eigenvalue weighted by atomic mass is 10.2. The lowest BCUT2D eigenvalue weighted by molar-refractivity contribution is 0.122. The third kappa shape index (κ3) is 4.59. The van der Waals surface area contributed by atoms with Gasteiger partial charge in [-0.05, 0) is 29.8 Å². The number of nitrogens with one attached hydrogen (secondary N) is 2. The maximum absolute atomic E-state index is 12.6. The van der Waals surface area contributed by atoms with Crippen LogP contribution < -0.4 is 10.2 Å². The predicted molar refractivity (Wildman–Crippen MR) is 131 cm³/mol. The van der Waals surface area contributed by atoms with Gasteiger partial charge in [0.1, 0.15) is 17.2 Å². The van der Waals surface area contributed by atoms with Crippen molar-refractivity contribution in [3.8, 4) is 0 Å². The Morgan fingerprint density at radius 3 is 2.68 bits per heavy atom. The molecule has 4 aromatic rings. The van der Waals surface area contributed by atoms with Crippen LogP contribution in [0.4, 0.5) is 17.3 Å². The van der Waals surface area contributed by atoms with E-state index in [0.717, 1.165) is 30.0 Å². The van der Waals surface area contributed by atoms with Crippen molar-refractivity contribution in [2.24, 2.45) is 0 Å². The Balaban J connectivity index is 1.43. The molecule has 0 amide bonds. The minimum absolute atomic E-state index is 0.0199. The van der Waals surface area contributed by atoms with Crippen molar-refractivity contribution in [2.75, 3.05) is 42.3 Å². The fourth-order valence-electron chi connectivity index (χ4n) is 3.97. The maximum atomic E-state index is 12.6. The van der Waals surface area contributed by atoms with E-state index < -0.39 is 9.84 Å². The van der Waals surface area contributed by atoms with Crippen LogP contribution in [0.15, 0.2) is 59.8 Å². The Morgan fingerprint density at radius 2 is 1.91 bits per heavy atom. The van der Waals surface area contributed by atoms with Gasteiger partial charge < -0.3 is 19.9 Å². The number of anilines is 3. The van der Waals surface area contributed by atoms with Gasteiger partial charge in [-0.15, -0.1) is 0 Å². The number of aromatic amines is 1. The molecular weight excluding hydrogens is 452 g/mol. The first-order chi connectivity index (χ1) is 16.5. The normalized spacial score (nSPS) is 14.4. The summed E-state index contributed by atoms with van der Waals surface area (Å²) < 4.78 is 30.6. The minimum Gasteiger partial charge on any atom is -0.378 e. The van der Waals surface area contributed by atoms with Crippen molar-refractivity contribution in [3.05, 3.63) is 66.2 Å². The Labute approximate surface area is 198 Å². The summed E-state index contributed by atoms with van der Waals surface area (Å²) in [6.45, 7) is 4.74. The average molecular weight is 479 g/mol. The lowest BCUT2D eigenvalue weighted by Gasteiger charge is -2.27. The Hall–Kier alpha value is -3.50. The fourth-order valence-corrected chi connectivity index (χ4v) is 5.02. The van der Waals surface area contributed by atoms with E-state index in [1.807, 2.05) is 24.4 Å². The van der Waals surface area contributed by atoms with Crippen LogP contribution in [0, 0.1) is 0 Å². The van der Waals surface area contributed by atoms with Crippen LogP contribution in [0.5, 0.6) is 0 Å². The van der Waals surface area contributed by atoms with Crippen LogP contribution in [0.2, 0.25) is 0 Å². The molecule has 9 nitrogen and oxygen atoms in total. The molecule has 0 spiro atoms. The van der Waals surface area contributed by atoms with E-state index >= 15 is 0 Å². The molecule has 1 saturated heterocycles. The molecule has 176 valence electrons. The van der Waals surface area contributed by atoms with Gasteiger partial charge in [-0.3, -0.25) is 0 Å². The highest BCUT2D eigenvalue weighted by atomic mass is 32.2. The van der Waals surface area contributed by atoms with Gasteiger partial charge >= 0.3 is 0 Å². The summed E-state index contributed by atoms with van der Waals surface area (Å²) in [6, 6.07) is 12.8. The molecule has 10 heteroatoms. The number of rotatable bonds is 7. The number of pyridine rings is 1. The van der Waals surface area contributed by atoms with Gasteiger partial charge in [-0.2, -0.15) is 0 Å². The molecule has 0 unspecified atom stereocenters. The van der Waals surface area contributed by atoms with E-state index in [-0.39, 0.29) is 10.6 Å². The zero-order valence-corrected chi connectivity index (χ0v) is 19.7. The van der Waals surface area contributed by atoms with Crippen molar-refractivity contribution in [2.45, 2.75) is 18.2 Å². The van der Waals surface area contributed by atoms with E-state index in [9.17, 15) is 8.42 Å². The number of hydrogen-bond donors (Lipinski definition) is 2. The van der Waals surface area contributed by atoms with Crippen molar-refractivity contribution < 1.29 is 13.2 Å². The average Bonchev–Trinajstić information content (AvgIpc) is 3.34. The second-order valence-corrected chi connectivity index (χ2v) is 10.3. The monoisotopic (exact) mass is 478 g/mol. The summed E-state index contributed by atoms with van der Waals surface area (Å²) in [5.41, 5.74) is 2.95. The number of H-pyrrole nitrogens is 1. The second kappa shape index (κ2) is 9.40. The molecule has 0 bridgehead atoms. The number of nitrogens with zero attached hydrogens (tertiary/aromatic N) is 4. The number of morpholine rings is 1. The van der Waals surface area contributed by atoms with Gasteiger partial charge in [0.2, 0.25) is 0 Å². The van der Waals surface area contributed by atoms with Gasteiger partial charge in [-0.1, -0.05) is 25.1 Å². The Kier molecular flexibility index (Phi) is 6.16. The molecule has 0 aliphatic carbocycles. The van der Waals surface area contributed by atoms with Crippen LogP contribution in [-0.4, -0.2) is 60.4 Å². The van der Waals surface area contributed by atoms with Crippen molar-refractivity contribution in [1.82, 2.24) is 19.9 Å². The highest BCUT2D eigenvalue weighted by Gasteiger charge is 2.18. The zero-order valence-electron chi connectivity index (χ0n) is 18.9. The summed E-state index contributed by atoms with van der Waals surface area (Å²) in [7, 11) is -3.40. The minimum atomic E-state index is -3.40. The molecule has 1 aliphatic rings. The first kappa shape index (κ1) is 22.3. The number of benzene rings is 1. The quantitative estimate of drug-likeness (QED) is 0.416. The van der Waals surface area contributed by atoms with Gasteiger partial charge in [0.15, 0.2) is 15.7 Å². The van der Waals surface area contributed by atoms with Crippen molar-refractivity contribution in [3.63, 3.8) is 0 Å². The molecule has 1 aliphatic heterocycles. The molecule has 3 aromatic heterocycles. The summed E-state index contributed by atoms with van der Waals surface area (Å²) in [6.07, 6.45) is 4.15.